The van der Waals surface area contributed by atoms with Crippen LogP contribution in [0.3, 0.4) is 0 Å². The first kappa shape index (κ1) is 35.8. The molecular formula is C46H23B8NO. The lowest BCUT2D eigenvalue weighted by Gasteiger charge is -2.37. The Kier molecular flexibility index (Phi) is 8.96. The lowest BCUT2D eigenvalue weighted by molar-refractivity contribution is 0.673. The number of rotatable bonds is 6. The van der Waals surface area contributed by atoms with Gasteiger partial charge in [-0.1, -0.05) is 159 Å². The Morgan fingerprint density at radius 2 is 0.875 bits per heavy atom. The molecule has 0 fully saturated rings. The van der Waals surface area contributed by atoms with Gasteiger partial charge in [0.2, 0.25) is 0 Å². The molecule has 9 aromatic rings. The van der Waals surface area contributed by atoms with Gasteiger partial charge in [-0.25, -0.2) is 0 Å². The van der Waals surface area contributed by atoms with Crippen LogP contribution in [0.2, 0.25) is 0 Å². The van der Waals surface area contributed by atoms with Crippen LogP contribution in [0, 0.1) is 0 Å². The Bertz CT molecular complexity index is 2830. The summed E-state index contributed by atoms with van der Waals surface area (Å²) in [6, 6.07) is 45.3. The molecule has 16 radical (unpaired) electrons. The van der Waals surface area contributed by atoms with E-state index in [2.05, 4.69) is 30.3 Å². The Hall–Kier alpha value is -5.86. The summed E-state index contributed by atoms with van der Waals surface area (Å²) in [5.41, 5.74) is 8.93. The number of hydrogen-bond donors (Lipinski definition) is 0. The molecule has 0 N–H and O–H groups in total. The third kappa shape index (κ3) is 5.61. The molecule has 1 aromatic heterocycles. The molecule has 9 rings (SSSR count). The smallest absolute Gasteiger partial charge is 0.143 e. The maximum absolute atomic E-state index is 6.97. The molecule has 0 bridgehead atoms. The quantitative estimate of drug-likeness (QED) is 0.248. The van der Waals surface area contributed by atoms with E-state index >= 15 is 0 Å². The molecule has 0 saturated heterocycles. The van der Waals surface area contributed by atoms with E-state index < -0.39 is 0 Å². The molecule has 8 aromatic carbocycles. The second-order valence-electron chi connectivity index (χ2n) is 13.8. The number of furan rings is 1. The highest BCUT2D eigenvalue weighted by atomic mass is 16.3. The van der Waals surface area contributed by atoms with Gasteiger partial charge in [0, 0.05) is 33.2 Å². The van der Waals surface area contributed by atoms with Gasteiger partial charge in [0.15, 0.2) is 0 Å². The van der Waals surface area contributed by atoms with Crippen molar-refractivity contribution in [3.63, 3.8) is 0 Å². The Morgan fingerprint density at radius 1 is 0.375 bits per heavy atom. The molecule has 1 heterocycles. The number of anilines is 3. The Balaban J connectivity index is 1.27. The molecule has 10 heteroatoms. The zero-order valence-corrected chi connectivity index (χ0v) is 30.3. The van der Waals surface area contributed by atoms with E-state index in [1.807, 2.05) is 109 Å². The van der Waals surface area contributed by atoms with Crippen LogP contribution < -0.4 is 48.6 Å². The number of nitrogens with zero attached hydrogens (tertiary/aromatic N) is 1. The third-order valence-corrected chi connectivity index (χ3v) is 10.7. The first-order valence-electron chi connectivity index (χ1n) is 18.0. The Labute approximate surface area is 337 Å². The van der Waals surface area contributed by atoms with E-state index in [1.54, 1.807) is 4.90 Å². The average Bonchev–Trinajstić information content (AvgIpc) is 3.63. The van der Waals surface area contributed by atoms with Crippen molar-refractivity contribution in [3.8, 4) is 33.4 Å². The summed E-state index contributed by atoms with van der Waals surface area (Å²) in [7, 11) is 55.2. The van der Waals surface area contributed by atoms with Crippen molar-refractivity contribution in [3.05, 3.63) is 140 Å². The van der Waals surface area contributed by atoms with Gasteiger partial charge in [-0.3, -0.25) is 0 Å². The highest BCUT2D eigenvalue weighted by Gasteiger charge is 2.26. The van der Waals surface area contributed by atoms with Crippen LogP contribution in [-0.2, 0) is 0 Å². The lowest BCUT2D eigenvalue weighted by atomic mass is 9.63. The maximum atomic E-state index is 6.97. The minimum Gasteiger partial charge on any atom is -0.455 e. The molecule has 0 aliphatic heterocycles. The van der Waals surface area contributed by atoms with Gasteiger partial charge >= 0.3 is 0 Å². The highest BCUT2D eigenvalue weighted by Crippen LogP contribution is 2.40. The topological polar surface area (TPSA) is 16.4 Å². The van der Waals surface area contributed by atoms with Crippen molar-refractivity contribution >= 4 is 156 Å². The summed E-state index contributed by atoms with van der Waals surface area (Å²) in [6.07, 6.45) is 0. The first-order valence-corrected chi connectivity index (χ1v) is 18.0. The largest absolute Gasteiger partial charge is 0.455 e. The van der Waals surface area contributed by atoms with E-state index in [1.165, 1.54) is 0 Å². The summed E-state index contributed by atoms with van der Waals surface area (Å²) in [5, 5.41) is 4.19. The summed E-state index contributed by atoms with van der Waals surface area (Å²) in [5.74, 6) is 0. The van der Waals surface area contributed by atoms with E-state index in [9.17, 15) is 0 Å². The van der Waals surface area contributed by atoms with Gasteiger partial charge in [0.1, 0.15) is 73.9 Å². The molecule has 56 heavy (non-hydrogen) atoms. The SMILES string of the molecule is [B]c1c([B])c(N(c2ccc(-c3cccc4oc5c6ccccc6ccc5c34)cc2)c2c([B])c([B])c(-c3ccccc3)c([B])c2[B])c([B])c([B])c1-c1ccccc1. The third-order valence-electron chi connectivity index (χ3n) is 10.7. The monoisotopic (exact) mass is 693 g/mol. The fourth-order valence-corrected chi connectivity index (χ4v) is 7.90. The summed E-state index contributed by atoms with van der Waals surface area (Å²) >= 11 is 0. The molecule has 0 saturated carbocycles. The van der Waals surface area contributed by atoms with Gasteiger partial charge < -0.3 is 9.32 Å². The second kappa shape index (κ2) is 14.0. The standard InChI is InChI=1S/C46H23B8NO/c47-36-33(26-11-3-1-4-12-26)37(48)41(52)44(40(36)51)55(45-42(53)38(49)34(39(50)43(45)54)27-13-5-2-6-14-27)28-21-18-25(19-22-28)29-16-9-17-32-35(29)31-23-20-24-10-7-8-15-30(24)46(31)56-32/h1-23H. The lowest BCUT2D eigenvalue weighted by Crippen LogP contribution is -2.50. The summed E-state index contributed by atoms with van der Waals surface area (Å²) < 4.78 is 6.47. The molecular weight excluding hydrogens is 669 g/mol. The molecule has 242 valence electrons. The van der Waals surface area contributed by atoms with Crippen molar-refractivity contribution < 1.29 is 4.42 Å². The van der Waals surface area contributed by atoms with Crippen LogP contribution >= 0.6 is 0 Å². The first-order chi connectivity index (χ1) is 27.2. The number of benzene rings is 8. The summed E-state index contributed by atoms with van der Waals surface area (Å²) in [6.45, 7) is 0. The molecule has 0 aliphatic carbocycles. The van der Waals surface area contributed by atoms with Crippen LogP contribution in [0.15, 0.2) is 144 Å². The molecule has 0 amide bonds. The van der Waals surface area contributed by atoms with Gasteiger partial charge in [-0.05, 0) is 63.0 Å². The molecule has 0 unspecified atom stereocenters. The highest BCUT2D eigenvalue weighted by molar-refractivity contribution is 6.65. The predicted molar refractivity (Wildman–Crippen MR) is 245 cm³/mol. The van der Waals surface area contributed by atoms with Crippen LogP contribution in [-0.4, -0.2) is 62.8 Å². The van der Waals surface area contributed by atoms with Crippen LogP contribution in [0.5, 0.6) is 0 Å². The van der Waals surface area contributed by atoms with Crippen LogP contribution in [0.25, 0.3) is 66.1 Å². The van der Waals surface area contributed by atoms with Crippen molar-refractivity contribution in [2.75, 3.05) is 4.90 Å². The van der Waals surface area contributed by atoms with E-state index in [0.29, 0.717) is 16.8 Å². The van der Waals surface area contributed by atoms with Crippen LogP contribution in [0.4, 0.5) is 17.1 Å². The van der Waals surface area contributed by atoms with E-state index in [4.69, 9.17) is 67.2 Å². The zero-order chi connectivity index (χ0) is 38.8. The predicted octanol–water partition coefficient (Wildman–Crippen LogP) is 3.56. The van der Waals surface area contributed by atoms with Gasteiger partial charge in [-0.15, -0.1) is 0 Å². The van der Waals surface area contributed by atoms with E-state index in [0.717, 1.165) is 55.0 Å². The van der Waals surface area contributed by atoms with Gasteiger partial charge in [0.05, 0.1) is 0 Å². The minimum atomic E-state index is 0.171. The fourth-order valence-electron chi connectivity index (χ4n) is 7.90. The molecule has 0 atom stereocenters. The normalized spacial score (nSPS) is 11.4. The zero-order valence-electron chi connectivity index (χ0n) is 30.3. The van der Waals surface area contributed by atoms with Gasteiger partial charge in [0.25, 0.3) is 0 Å². The van der Waals surface area contributed by atoms with Crippen molar-refractivity contribution in [2.24, 2.45) is 0 Å². The van der Waals surface area contributed by atoms with Crippen molar-refractivity contribution in [1.29, 1.82) is 0 Å². The van der Waals surface area contributed by atoms with Gasteiger partial charge in [-0.2, -0.15) is 0 Å². The Morgan fingerprint density at radius 3 is 1.41 bits per heavy atom. The number of fused-ring (bicyclic) bond motifs is 5. The fraction of sp³-hybridized carbons (Fsp3) is 0. The minimum absolute atomic E-state index is 0.171. The van der Waals surface area contributed by atoms with Crippen molar-refractivity contribution in [1.82, 2.24) is 0 Å². The van der Waals surface area contributed by atoms with Crippen molar-refractivity contribution in [2.45, 2.75) is 0 Å². The van der Waals surface area contributed by atoms with Crippen LogP contribution in [0.1, 0.15) is 0 Å². The number of hydrogen-bond acceptors (Lipinski definition) is 2. The summed E-state index contributed by atoms with van der Waals surface area (Å²) in [4.78, 5) is 1.74. The molecule has 0 aliphatic rings. The second-order valence-corrected chi connectivity index (χ2v) is 13.8. The maximum Gasteiger partial charge on any atom is 0.143 e. The van der Waals surface area contributed by atoms with E-state index in [-0.39, 0.29) is 55.1 Å². The molecule has 2 nitrogen and oxygen atoms in total. The molecule has 0 spiro atoms. The average molecular weight is 692 g/mol.